The minimum absolute atomic E-state index is 0.492. The molecule has 0 aliphatic heterocycles. The van der Waals surface area contributed by atoms with Crippen molar-refractivity contribution in [3.63, 3.8) is 0 Å². The van der Waals surface area contributed by atoms with Gasteiger partial charge in [-0.2, -0.15) is 0 Å². The molecule has 0 saturated carbocycles. The summed E-state index contributed by atoms with van der Waals surface area (Å²) in [5.74, 6) is 0.585. The van der Waals surface area contributed by atoms with E-state index in [1.165, 1.54) is 14.2 Å². The zero-order valence-electron chi connectivity index (χ0n) is 9.64. The van der Waals surface area contributed by atoms with Crippen molar-refractivity contribution in [1.29, 1.82) is 0 Å². The molecule has 0 aliphatic rings. The molecule has 2 rings (SSSR count). The molecule has 0 radical (unpaired) electrons. The zero-order valence-corrected chi connectivity index (χ0v) is 10.4. The second-order valence-electron chi connectivity index (χ2n) is 3.67. The van der Waals surface area contributed by atoms with Crippen LogP contribution in [0.5, 0.6) is 0 Å². The lowest BCUT2D eigenvalue weighted by atomic mass is 10.2. The van der Waals surface area contributed by atoms with Crippen LogP contribution in [0.3, 0.4) is 0 Å². The number of benzene rings is 1. The summed E-state index contributed by atoms with van der Waals surface area (Å²) >= 11 is 6.03. The van der Waals surface area contributed by atoms with Crippen molar-refractivity contribution in [1.82, 2.24) is 0 Å². The minimum Gasteiger partial charge on any atom is -0.458 e. The number of para-hydroxylation sites is 1. The predicted octanol–water partition coefficient (Wildman–Crippen LogP) is 2.70. The van der Waals surface area contributed by atoms with Crippen LogP contribution in [0.2, 0.25) is 5.02 Å². The molecule has 0 fully saturated rings. The van der Waals surface area contributed by atoms with Crippen molar-refractivity contribution >= 4 is 22.6 Å². The third-order valence-corrected chi connectivity index (χ3v) is 2.90. The van der Waals surface area contributed by atoms with Crippen molar-refractivity contribution in [3.05, 3.63) is 35.0 Å². The lowest BCUT2D eigenvalue weighted by Gasteiger charge is -2.18. The third-order valence-electron chi connectivity index (χ3n) is 2.60. The Morgan fingerprint density at radius 1 is 1.29 bits per heavy atom. The number of methoxy groups -OCH3 is 2. The summed E-state index contributed by atoms with van der Waals surface area (Å²) in [7, 11) is 3.06. The van der Waals surface area contributed by atoms with E-state index >= 15 is 0 Å². The number of hydrogen-bond acceptors (Lipinski definition) is 4. The Morgan fingerprint density at radius 3 is 2.59 bits per heavy atom. The smallest absolute Gasteiger partial charge is 0.179 e. The van der Waals surface area contributed by atoms with Gasteiger partial charge in [-0.15, -0.1) is 0 Å². The monoisotopic (exact) mass is 255 g/mol. The molecule has 5 heteroatoms. The molecule has 1 unspecified atom stereocenters. The summed E-state index contributed by atoms with van der Waals surface area (Å²) in [6, 6.07) is 6.90. The van der Waals surface area contributed by atoms with E-state index in [-0.39, 0.29) is 0 Å². The van der Waals surface area contributed by atoms with E-state index in [1.54, 1.807) is 6.07 Å². The third kappa shape index (κ3) is 2.30. The highest BCUT2D eigenvalue weighted by molar-refractivity contribution is 6.34. The van der Waals surface area contributed by atoms with Crippen LogP contribution in [0.15, 0.2) is 28.7 Å². The Balaban J connectivity index is 2.39. The van der Waals surface area contributed by atoms with Gasteiger partial charge < -0.3 is 19.6 Å². The number of rotatable bonds is 4. The molecule has 2 N–H and O–H groups in total. The average Bonchev–Trinajstić information content (AvgIpc) is 2.76. The van der Waals surface area contributed by atoms with Gasteiger partial charge in [0.25, 0.3) is 0 Å². The molecule has 2 aromatic rings. The zero-order chi connectivity index (χ0) is 12.4. The predicted molar refractivity (Wildman–Crippen MR) is 66.0 cm³/mol. The molecule has 92 valence electrons. The van der Waals surface area contributed by atoms with Gasteiger partial charge in [-0.1, -0.05) is 23.7 Å². The van der Waals surface area contributed by atoms with Crippen LogP contribution in [0.4, 0.5) is 0 Å². The summed E-state index contributed by atoms with van der Waals surface area (Å²) in [5.41, 5.74) is 6.62. The van der Waals surface area contributed by atoms with E-state index in [2.05, 4.69) is 0 Å². The van der Waals surface area contributed by atoms with Crippen molar-refractivity contribution < 1.29 is 13.9 Å². The molecule has 1 aromatic heterocycles. The van der Waals surface area contributed by atoms with Gasteiger partial charge in [-0.3, -0.25) is 0 Å². The molecule has 1 atom stereocenters. The van der Waals surface area contributed by atoms with Crippen molar-refractivity contribution in [2.45, 2.75) is 12.3 Å². The molecule has 1 heterocycles. The second-order valence-corrected chi connectivity index (χ2v) is 4.08. The Kier molecular flexibility index (Phi) is 3.69. The van der Waals surface area contributed by atoms with Gasteiger partial charge in [-0.25, -0.2) is 0 Å². The maximum absolute atomic E-state index is 6.03. The highest BCUT2D eigenvalue weighted by Crippen LogP contribution is 2.30. The van der Waals surface area contributed by atoms with Crippen molar-refractivity contribution in [2.24, 2.45) is 5.73 Å². The largest absolute Gasteiger partial charge is 0.458 e. The first-order valence-electron chi connectivity index (χ1n) is 5.16. The highest BCUT2D eigenvalue weighted by Gasteiger charge is 2.22. The lowest BCUT2D eigenvalue weighted by molar-refractivity contribution is -0.120. The van der Waals surface area contributed by atoms with Crippen LogP contribution in [-0.2, 0) is 9.47 Å². The van der Waals surface area contributed by atoms with E-state index < -0.39 is 12.3 Å². The van der Waals surface area contributed by atoms with Gasteiger partial charge in [0, 0.05) is 19.6 Å². The molecule has 17 heavy (non-hydrogen) atoms. The van der Waals surface area contributed by atoms with E-state index in [1.807, 2.05) is 18.2 Å². The first kappa shape index (κ1) is 12.4. The molecule has 1 aromatic carbocycles. The Labute approximate surface area is 104 Å². The van der Waals surface area contributed by atoms with Gasteiger partial charge in [-0.05, 0) is 12.1 Å². The maximum atomic E-state index is 6.03. The number of halogens is 1. The second kappa shape index (κ2) is 5.06. The fourth-order valence-corrected chi connectivity index (χ4v) is 1.96. The molecule has 0 saturated heterocycles. The number of furan rings is 1. The summed E-state index contributed by atoms with van der Waals surface area (Å²) in [4.78, 5) is 0. The van der Waals surface area contributed by atoms with E-state index in [0.29, 0.717) is 16.4 Å². The Bertz CT molecular complexity index is 507. The molecule has 4 nitrogen and oxygen atoms in total. The number of ether oxygens (including phenoxy) is 2. The van der Waals surface area contributed by atoms with E-state index in [0.717, 1.165) is 5.39 Å². The first-order chi connectivity index (χ1) is 8.17. The van der Waals surface area contributed by atoms with Gasteiger partial charge >= 0.3 is 0 Å². The van der Waals surface area contributed by atoms with Gasteiger partial charge in [0.05, 0.1) is 5.02 Å². The lowest BCUT2D eigenvalue weighted by Crippen LogP contribution is -2.29. The Hall–Kier alpha value is -1.07. The van der Waals surface area contributed by atoms with Crippen molar-refractivity contribution in [3.8, 4) is 0 Å². The summed E-state index contributed by atoms with van der Waals surface area (Å²) in [6.45, 7) is 0. The van der Waals surface area contributed by atoms with Crippen LogP contribution in [0.25, 0.3) is 11.0 Å². The summed E-state index contributed by atoms with van der Waals surface area (Å²) in [6.07, 6.45) is -0.547. The number of fused-ring (bicyclic) bond motifs is 1. The SMILES string of the molecule is COC(OC)C(N)c1cc2cccc(Cl)c2o1. The van der Waals surface area contributed by atoms with Crippen LogP contribution in [0, 0.1) is 0 Å². The molecule has 0 spiro atoms. The normalized spacial score (nSPS) is 13.5. The maximum Gasteiger partial charge on any atom is 0.179 e. The molecule has 0 bridgehead atoms. The average molecular weight is 256 g/mol. The molecular formula is C12H14ClNO3. The van der Waals surface area contributed by atoms with Crippen LogP contribution >= 0.6 is 11.6 Å². The van der Waals surface area contributed by atoms with Crippen LogP contribution in [-0.4, -0.2) is 20.5 Å². The first-order valence-corrected chi connectivity index (χ1v) is 5.54. The van der Waals surface area contributed by atoms with E-state index in [9.17, 15) is 0 Å². The number of nitrogens with two attached hydrogens (primary N) is 1. The minimum atomic E-state index is -0.547. The van der Waals surface area contributed by atoms with Crippen LogP contribution < -0.4 is 5.73 Å². The molecule has 0 amide bonds. The Morgan fingerprint density at radius 2 is 2.00 bits per heavy atom. The topological polar surface area (TPSA) is 57.6 Å². The summed E-state index contributed by atoms with van der Waals surface area (Å²) in [5, 5.41) is 1.47. The molecule has 0 aliphatic carbocycles. The van der Waals surface area contributed by atoms with Crippen LogP contribution in [0.1, 0.15) is 11.8 Å². The van der Waals surface area contributed by atoms with Gasteiger partial charge in [0.2, 0.25) is 0 Å². The fraction of sp³-hybridized carbons (Fsp3) is 0.333. The quantitative estimate of drug-likeness (QED) is 0.854. The summed E-state index contributed by atoms with van der Waals surface area (Å²) < 4.78 is 15.8. The van der Waals surface area contributed by atoms with E-state index in [4.69, 9.17) is 31.2 Å². The van der Waals surface area contributed by atoms with Gasteiger partial charge in [0.1, 0.15) is 11.8 Å². The van der Waals surface area contributed by atoms with Gasteiger partial charge in [0.15, 0.2) is 11.9 Å². The number of hydrogen-bond donors (Lipinski definition) is 1. The van der Waals surface area contributed by atoms with Crippen molar-refractivity contribution in [2.75, 3.05) is 14.2 Å². The fourth-order valence-electron chi connectivity index (χ4n) is 1.74. The molecular weight excluding hydrogens is 242 g/mol. The standard InChI is InChI=1S/C12H14ClNO3/c1-15-12(16-2)10(14)9-6-7-4-3-5-8(13)11(7)17-9/h3-6,10,12H,14H2,1-2H3. The highest BCUT2D eigenvalue weighted by atomic mass is 35.5.